The van der Waals surface area contributed by atoms with E-state index in [-0.39, 0.29) is 22.6 Å². The van der Waals surface area contributed by atoms with Crippen LogP contribution in [0.1, 0.15) is 41.6 Å². The van der Waals surface area contributed by atoms with Crippen molar-refractivity contribution in [2.45, 2.75) is 38.5 Å². The molecule has 7 nitrogen and oxygen atoms in total. The molecule has 1 heterocycles. The van der Waals surface area contributed by atoms with Gasteiger partial charge in [-0.1, -0.05) is 41.0 Å². The maximum atomic E-state index is 13.4. The Morgan fingerprint density at radius 3 is 2.64 bits per heavy atom. The largest absolute Gasteiger partial charge is 0.342 e. The van der Waals surface area contributed by atoms with E-state index in [1.54, 1.807) is 32.0 Å². The Balaban J connectivity index is 1.65. The van der Waals surface area contributed by atoms with Gasteiger partial charge in [0.25, 0.3) is 5.91 Å². The number of thioether (sulfide) groups is 1. The van der Waals surface area contributed by atoms with E-state index in [4.69, 9.17) is 23.2 Å². The Hall–Kier alpha value is -2.62. The molecule has 0 fully saturated rings. The molecule has 0 spiro atoms. The topological polar surface area (TPSA) is 88.9 Å². The molecule has 11 heteroatoms. The third-order valence-corrected chi connectivity index (χ3v) is 6.29. The van der Waals surface area contributed by atoms with Gasteiger partial charge in [-0.2, -0.15) is 0 Å². The molecule has 2 aromatic carbocycles. The molecule has 2 amide bonds. The first kappa shape index (κ1) is 25.0. The maximum Gasteiger partial charge on any atom is 0.253 e. The highest BCUT2D eigenvalue weighted by Gasteiger charge is 2.21. The zero-order valence-electron chi connectivity index (χ0n) is 18.2. The number of anilines is 1. The number of carbonyl (C=O) groups excluding carboxylic acids is 2. The van der Waals surface area contributed by atoms with E-state index in [2.05, 4.69) is 20.8 Å². The van der Waals surface area contributed by atoms with Crippen LogP contribution in [0.4, 0.5) is 10.1 Å². The number of nitrogens with one attached hydrogen (secondary N) is 2. The van der Waals surface area contributed by atoms with Gasteiger partial charge in [0.2, 0.25) is 5.91 Å². The van der Waals surface area contributed by atoms with Crippen LogP contribution in [0.2, 0.25) is 10.0 Å². The molecule has 0 radical (unpaired) electrons. The number of nitrogens with zero attached hydrogens (tertiary/aromatic N) is 3. The van der Waals surface area contributed by atoms with Crippen LogP contribution in [-0.2, 0) is 11.3 Å². The van der Waals surface area contributed by atoms with Crippen LogP contribution in [-0.4, -0.2) is 32.3 Å². The first-order valence-electron chi connectivity index (χ1n) is 10.1. The zero-order chi connectivity index (χ0) is 24.1. The number of aromatic nitrogens is 3. The number of hydrogen-bond donors (Lipinski definition) is 2. The molecule has 0 aliphatic rings. The number of amides is 2. The molecule has 3 rings (SSSR count). The zero-order valence-corrected chi connectivity index (χ0v) is 20.5. The lowest BCUT2D eigenvalue weighted by Gasteiger charge is -2.15. The Kier molecular flexibility index (Phi) is 8.34. The molecule has 33 heavy (non-hydrogen) atoms. The maximum absolute atomic E-state index is 13.4. The van der Waals surface area contributed by atoms with Crippen LogP contribution in [0.3, 0.4) is 0 Å². The van der Waals surface area contributed by atoms with Gasteiger partial charge in [-0.05, 0) is 56.7 Å². The van der Waals surface area contributed by atoms with Gasteiger partial charge < -0.3 is 15.2 Å². The molecular weight excluding hydrogens is 488 g/mol. The molecular formula is C22H22Cl2FN5O2S. The van der Waals surface area contributed by atoms with Crippen molar-refractivity contribution in [3.63, 3.8) is 0 Å². The van der Waals surface area contributed by atoms with Crippen molar-refractivity contribution in [2.24, 2.45) is 0 Å². The summed E-state index contributed by atoms with van der Waals surface area (Å²) in [7, 11) is 0. The smallest absolute Gasteiger partial charge is 0.253 e. The van der Waals surface area contributed by atoms with Crippen molar-refractivity contribution in [3.8, 4) is 0 Å². The molecule has 0 aliphatic carbocycles. The number of halogens is 3. The second kappa shape index (κ2) is 11.0. The number of rotatable bonds is 8. The van der Waals surface area contributed by atoms with E-state index in [0.717, 1.165) is 5.56 Å². The standard InChI is InChI=1S/C22H22Cl2FN5O2S/c1-4-30-20(13(3)26-21(32)16-8-6-14(23)9-17(16)24)28-29-22(30)33-11-19(31)27-18-10-15(25)7-5-12(18)2/h5-10,13H,4,11H2,1-3H3,(H,26,32)(H,27,31)/t13-/m1/s1. The Morgan fingerprint density at radius 2 is 1.94 bits per heavy atom. The summed E-state index contributed by atoms with van der Waals surface area (Å²) < 4.78 is 15.3. The van der Waals surface area contributed by atoms with Crippen LogP contribution < -0.4 is 10.6 Å². The molecule has 0 aliphatic heterocycles. The predicted octanol–water partition coefficient (Wildman–Crippen LogP) is 5.27. The summed E-state index contributed by atoms with van der Waals surface area (Å²) >= 11 is 13.2. The van der Waals surface area contributed by atoms with E-state index >= 15 is 0 Å². The number of benzene rings is 2. The van der Waals surface area contributed by atoms with Crippen molar-refractivity contribution in [2.75, 3.05) is 11.1 Å². The summed E-state index contributed by atoms with van der Waals surface area (Å²) in [4.78, 5) is 25.0. The Morgan fingerprint density at radius 1 is 1.18 bits per heavy atom. The predicted molar refractivity (Wildman–Crippen MR) is 129 cm³/mol. The van der Waals surface area contributed by atoms with Crippen LogP contribution >= 0.6 is 35.0 Å². The molecule has 1 aromatic heterocycles. The lowest BCUT2D eigenvalue weighted by atomic mass is 10.2. The summed E-state index contributed by atoms with van der Waals surface area (Å²) in [5.74, 6) is -0.474. The van der Waals surface area contributed by atoms with Gasteiger partial charge >= 0.3 is 0 Å². The Labute approximate surface area is 205 Å². The van der Waals surface area contributed by atoms with Crippen molar-refractivity contribution in [1.82, 2.24) is 20.1 Å². The summed E-state index contributed by atoms with van der Waals surface area (Å²) in [5.41, 5.74) is 1.49. The normalized spacial score (nSPS) is 11.8. The van der Waals surface area contributed by atoms with Crippen LogP contribution in [0, 0.1) is 12.7 Å². The molecule has 0 unspecified atom stereocenters. The van der Waals surface area contributed by atoms with Gasteiger partial charge in [-0.25, -0.2) is 4.39 Å². The fraction of sp³-hybridized carbons (Fsp3) is 0.273. The molecule has 0 saturated carbocycles. The van der Waals surface area contributed by atoms with E-state index in [9.17, 15) is 14.0 Å². The number of aryl methyl sites for hydroxylation is 1. The third kappa shape index (κ3) is 6.25. The van der Waals surface area contributed by atoms with Crippen molar-refractivity contribution in [1.29, 1.82) is 0 Å². The highest BCUT2D eigenvalue weighted by molar-refractivity contribution is 7.99. The highest BCUT2D eigenvalue weighted by Crippen LogP contribution is 2.24. The number of carbonyl (C=O) groups is 2. The van der Waals surface area contributed by atoms with E-state index < -0.39 is 11.9 Å². The molecule has 2 N–H and O–H groups in total. The molecule has 1 atom stereocenters. The fourth-order valence-electron chi connectivity index (χ4n) is 3.08. The second-order valence-corrected chi connectivity index (χ2v) is 8.99. The second-order valence-electron chi connectivity index (χ2n) is 7.20. The molecule has 3 aromatic rings. The minimum atomic E-state index is -0.463. The van der Waals surface area contributed by atoms with E-state index in [0.29, 0.717) is 33.8 Å². The van der Waals surface area contributed by atoms with E-state index in [1.165, 1.54) is 30.0 Å². The van der Waals surface area contributed by atoms with Crippen LogP contribution in [0.25, 0.3) is 0 Å². The van der Waals surface area contributed by atoms with Gasteiger partial charge in [0.1, 0.15) is 5.82 Å². The Bertz CT molecular complexity index is 1190. The van der Waals surface area contributed by atoms with Crippen molar-refractivity contribution >= 4 is 52.5 Å². The SMILES string of the molecule is CCn1c(SCC(=O)Nc2cc(F)ccc2C)nnc1[C@@H](C)NC(=O)c1ccc(Cl)cc1Cl. The highest BCUT2D eigenvalue weighted by atomic mass is 35.5. The summed E-state index contributed by atoms with van der Waals surface area (Å²) in [6.45, 7) is 6.02. The molecule has 174 valence electrons. The van der Waals surface area contributed by atoms with Gasteiger partial charge in [-0.15, -0.1) is 10.2 Å². The first-order chi connectivity index (χ1) is 15.7. The third-order valence-electron chi connectivity index (χ3n) is 4.78. The molecule has 0 saturated heterocycles. The summed E-state index contributed by atoms with van der Waals surface area (Å²) in [6.07, 6.45) is 0. The lowest BCUT2D eigenvalue weighted by molar-refractivity contribution is -0.113. The van der Waals surface area contributed by atoms with Crippen LogP contribution in [0.5, 0.6) is 0 Å². The average Bonchev–Trinajstić information content (AvgIpc) is 3.17. The molecule has 0 bridgehead atoms. The summed E-state index contributed by atoms with van der Waals surface area (Å²) in [5, 5.41) is 15.2. The quantitative estimate of drug-likeness (QED) is 0.403. The monoisotopic (exact) mass is 509 g/mol. The van der Waals surface area contributed by atoms with Crippen molar-refractivity contribution < 1.29 is 14.0 Å². The van der Waals surface area contributed by atoms with Gasteiger partial charge in [-0.3, -0.25) is 9.59 Å². The minimum absolute atomic E-state index is 0.0647. The minimum Gasteiger partial charge on any atom is -0.342 e. The summed E-state index contributed by atoms with van der Waals surface area (Å²) in [6, 6.07) is 8.40. The lowest BCUT2D eigenvalue weighted by Crippen LogP contribution is -2.29. The van der Waals surface area contributed by atoms with E-state index in [1.807, 2.05) is 11.5 Å². The van der Waals surface area contributed by atoms with Gasteiger partial charge in [0.15, 0.2) is 11.0 Å². The van der Waals surface area contributed by atoms with Crippen molar-refractivity contribution in [3.05, 3.63) is 69.2 Å². The fourth-order valence-corrected chi connectivity index (χ4v) is 4.39. The average molecular weight is 510 g/mol. The van der Waals surface area contributed by atoms with Crippen LogP contribution in [0.15, 0.2) is 41.6 Å². The first-order valence-corrected chi connectivity index (χ1v) is 11.8. The number of hydrogen-bond acceptors (Lipinski definition) is 5. The van der Waals surface area contributed by atoms with Gasteiger partial charge in [0, 0.05) is 17.3 Å². The van der Waals surface area contributed by atoms with Gasteiger partial charge in [0.05, 0.1) is 22.4 Å².